The molecule has 0 heterocycles. The van der Waals surface area contributed by atoms with Crippen LogP contribution >= 0.6 is 67.8 Å². The van der Waals surface area contributed by atoms with E-state index in [0.29, 0.717) is 0 Å². The lowest BCUT2D eigenvalue weighted by atomic mass is 10.1. The van der Waals surface area contributed by atoms with Gasteiger partial charge < -0.3 is 19.7 Å². The van der Waals surface area contributed by atoms with Crippen LogP contribution in [0.3, 0.4) is 0 Å². The lowest BCUT2D eigenvalue weighted by Crippen LogP contribution is -2.40. The molecule has 142 valence electrons. The third-order valence-electron chi connectivity index (χ3n) is 3.08. The van der Waals surface area contributed by atoms with Crippen LogP contribution in [0.15, 0.2) is 0 Å². The second-order valence-electron chi connectivity index (χ2n) is 4.64. The highest BCUT2D eigenvalue weighted by Crippen LogP contribution is 2.38. The van der Waals surface area contributed by atoms with Crippen molar-refractivity contribution < 1.29 is 38.9 Å². The summed E-state index contributed by atoms with van der Waals surface area (Å²) in [5, 5.41) is 19.0. The fourth-order valence-corrected chi connectivity index (χ4v) is 6.62. The maximum atomic E-state index is 12.4. The lowest BCUT2D eigenvalue weighted by molar-refractivity contribution is -0.140. The highest BCUT2D eigenvalue weighted by Gasteiger charge is 2.32. The predicted molar refractivity (Wildman–Crippen MR) is 115 cm³/mol. The van der Waals surface area contributed by atoms with Crippen molar-refractivity contribution in [2.75, 3.05) is 32.3 Å². The van der Waals surface area contributed by atoms with Crippen molar-refractivity contribution in [3.05, 3.63) is 21.8 Å². The molecule has 0 unspecified atom stereocenters. The minimum absolute atomic E-state index is 0.00821. The highest BCUT2D eigenvalue weighted by atomic mass is 127. The average Bonchev–Trinajstić information content (AvgIpc) is 2.52. The van der Waals surface area contributed by atoms with E-state index in [1.807, 2.05) is 0 Å². The molecule has 0 saturated heterocycles. The molecule has 0 bridgehead atoms. The van der Waals surface area contributed by atoms with Crippen LogP contribution in [-0.2, 0) is 19.1 Å². The molecular weight excluding hydrogens is 691 g/mol. The molecule has 0 aromatic heterocycles. The van der Waals surface area contributed by atoms with E-state index in [2.05, 4.69) is 4.74 Å². The summed E-state index contributed by atoms with van der Waals surface area (Å²) in [6.45, 7) is -0.913. The van der Waals surface area contributed by atoms with E-state index in [-0.39, 0.29) is 34.1 Å². The number of benzene rings is 1. The number of carboxylic acid groups (broad SMARTS) is 2. The van der Waals surface area contributed by atoms with Gasteiger partial charge in [0.2, 0.25) is 0 Å². The maximum Gasteiger partial charge on any atom is 0.337 e. The van der Waals surface area contributed by atoms with Gasteiger partial charge in [0, 0.05) is 10.7 Å². The zero-order valence-electron chi connectivity index (χ0n) is 13.3. The summed E-state index contributed by atoms with van der Waals surface area (Å²) in [6, 6.07) is 0. The molecule has 1 amide bonds. The Morgan fingerprint density at radius 1 is 0.923 bits per heavy atom. The molecule has 26 heavy (non-hydrogen) atoms. The number of nitrogens with zero attached hydrogens (tertiary/aromatic N) is 1. The quantitative estimate of drug-likeness (QED) is 0.327. The van der Waals surface area contributed by atoms with Crippen molar-refractivity contribution in [2.24, 2.45) is 0 Å². The molecule has 0 saturated carbocycles. The molecule has 1 rings (SSSR count). The van der Waals surface area contributed by atoms with Gasteiger partial charge in [-0.2, -0.15) is 0 Å². The molecule has 12 heteroatoms. The summed E-state index contributed by atoms with van der Waals surface area (Å²) >= 11 is 5.06. The van der Waals surface area contributed by atoms with E-state index < -0.39 is 30.4 Å². The number of hydrogen-bond donors (Lipinski definition) is 2. The van der Waals surface area contributed by atoms with E-state index in [9.17, 15) is 29.4 Å². The Balaban J connectivity index is 3.84. The summed E-state index contributed by atoms with van der Waals surface area (Å²) < 4.78 is 9.65. The molecule has 0 fully saturated rings. The van der Waals surface area contributed by atoms with E-state index in [0.717, 1.165) is 12.0 Å². The number of ether oxygens (including phenoxy) is 2. The predicted octanol–water partition coefficient (Wildman–Crippen LogP) is 2.05. The topological polar surface area (TPSA) is 130 Å². The van der Waals surface area contributed by atoms with E-state index in [1.165, 1.54) is 7.11 Å². The second-order valence-corrected chi connectivity index (χ2v) is 7.88. The summed E-state index contributed by atoms with van der Waals surface area (Å²) in [4.78, 5) is 48.4. The van der Waals surface area contributed by atoms with Gasteiger partial charge in [-0.1, -0.05) is 0 Å². The Hall–Kier alpha value is -0.750. The molecule has 1 aromatic rings. The Morgan fingerprint density at radius 3 is 1.73 bits per heavy atom. The van der Waals surface area contributed by atoms with Crippen LogP contribution in [0.25, 0.3) is 0 Å². The fraction of sp³-hybridized carbons (Fsp3) is 0.286. The normalized spacial score (nSPS) is 10.3. The SMILES string of the molecule is COCC(=O)N(CC(=O)OC)c1c(I)c(C(=O)O)c(I)c(C(=O)O)c1I. The first-order chi connectivity index (χ1) is 12.1. The monoisotopic (exact) mass is 703 g/mol. The summed E-state index contributed by atoms with van der Waals surface area (Å²) in [5.74, 6) is -4.11. The van der Waals surface area contributed by atoms with Crippen molar-refractivity contribution >= 4 is 97.3 Å². The smallest absolute Gasteiger partial charge is 0.337 e. The number of methoxy groups -OCH3 is 2. The molecular formula is C14H12I3NO8. The number of hydrogen-bond acceptors (Lipinski definition) is 6. The van der Waals surface area contributed by atoms with Crippen LogP contribution in [0.2, 0.25) is 0 Å². The summed E-state index contributed by atoms with van der Waals surface area (Å²) in [6.07, 6.45) is 0. The zero-order valence-corrected chi connectivity index (χ0v) is 19.8. The molecule has 0 spiro atoms. The number of rotatable bonds is 7. The van der Waals surface area contributed by atoms with Crippen molar-refractivity contribution in [1.82, 2.24) is 0 Å². The standard InChI is InChI=1S/C14H12I3NO8/c1-25-4-5(19)18(3-6(20)26-2)12-10(16)7(13(21)22)9(15)8(11(12)17)14(23)24/h3-4H2,1-2H3,(H,21,22)(H,23,24). The number of esters is 1. The van der Waals surface area contributed by atoms with Crippen LogP contribution < -0.4 is 4.90 Å². The van der Waals surface area contributed by atoms with Crippen LogP contribution in [-0.4, -0.2) is 61.4 Å². The van der Waals surface area contributed by atoms with Crippen LogP contribution in [0.5, 0.6) is 0 Å². The molecule has 0 aliphatic heterocycles. The summed E-state index contributed by atoms with van der Waals surface area (Å²) in [7, 11) is 2.42. The van der Waals surface area contributed by atoms with Gasteiger partial charge in [-0.25, -0.2) is 9.59 Å². The minimum Gasteiger partial charge on any atom is -0.478 e. The maximum absolute atomic E-state index is 12.4. The van der Waals surface area contributed by atoms with Crippen molar-refractivity contribution in [3.63, 3.8) is 0 Å². The number of amides is 1. The third kappa shape index (κ3) is 4.94. The Labute approximate surface area is 188 Å². The second kappa shape index (κ2) is 9.98. The zero-order chi connectivity index (χ0) is 20.2. The highest BCUT2D eigenvalue weighted by molar-refractivity contribution is 14.1. The van der Waals surface area contributed by atoms with Crippen molar-refractivity contribution in [1.29, 1.82) is 0 Å². The van der Waals surface area contributed by atoms with Crippen LogP contribution in [0, 0.1) is 10.7 Å². The lowest BCUT2D eigenvalue weighted by Gasteiger charge is -2.26. The molecule has 1 aromatic carbocycles. The van der Waals surface area contributed by atoms with Gasteiger partial charge in [-0.15, -0.1) is 0 Å². The average molecular weight is 703 g/mol. The number of carbonyl (C=O) groups is 4. The van der Waals surface area contributed by atoms with Gasteiger partial charge in [-0.05, 0) is 67.8 Å². The number of halogens is 3. The van der Waals surface area contributed by atoms with E-state index >= 15 is 0 Å². The third-order valence-corrected chi connectivity index (χ3v) is 6.25. The Kier molecular flexibility index (Phi) is 8.94. The molecule has 9 nitrogen and oxygen atoms in total. The van der Waals surface area contributed by atoms with Gasteiger partial charge in [0.15, 0.2) is 0 Å². The number of anilines is 1. The van der Waals surface area contributed by atoms with Crippen LogP contribution in [0.4, 0.5) is 5.69 Å². The van der Waals surface area contributed by atoms with Crippen molar-refractivity contribution in [2.45, 2.75) is 0 Å². The largest absolute Gasteiger partial charge is 0.478 e. The van der Waals surface area contributed by atoms with E-state index in [1.54, 1.807) is 67.8 Å². The van der Waals surface area contributed by atoms with Gasteiger partial charge in [-0.3, -0.25) is 14.5 Å². The summed E-state index contributed by atoms with van der Waals surface area (Å²) in [5.41, 5.74) is -0.521. The van der Waals surface area contributed by atoms with Gasteiger partial charge in [0.25, 0.3) is 5.91 Å². The first-order valence-electron chi connectivity index (χ1n) is 6.61. The molecule has 0 aliphatic rings. The first kappa shape index (κ1) is 23.3. The fourth-order valence-electron chi connectivity index (χ4n) is 1.95. The Bertz CT molecular complexity index is 739. The van der Waals surface area contributed by atoms with Crippen molar-refractivity contribution in [3.8, 4) is 0 Å². The number of aromatic carboxylic acids is 2. The van der Waals surface area contributed by atoms with Gasteiger partial charge in [0.1, 0.15) is 13.2 Å². The number of carboxylic acids is 2. The van der Waals surface area contributed by atoms with Gasteiger partial charge in [0.05, 0.1) is 31.1 Å². The Morgan fingerprint density at radius 2 is 1.38 bits per heavy atom. The minimum atomic E-state index is -1.35. The molecule has 0 radical (unpaired) electrons. The van der Waals surface area contributed by atoms with Crippen LogP contribution in [0.1, 0.15) is 20.7 Å². The van der Waals surface area contributed by atoms with E-state index in [4.69, 9.17) is 4.74 Å². The molecule has 0 aliphatic carbocycles. The molecule has 0 atom stereocenters. The molecule has 2 N–H and O–H groups in total. The first-order valence-corrected chi connectivity index (χ1v) is 9.85. The number of carbonyl (C=O) groups excluding carboxylic acids is 2. The van der Waals surface area contributed by atoms with Gasteiger partial charge >= 0.3 is 17.9 Å².